The van der Waals surface area contributed by atoms with Crippen LogP contribution in [0.3, 0.4) is 0 Å². The minimum Gasteiger partial charge on any atom is -0.316 e. The Kier molecular flexibility index (Phi) is 6.09. The summed E-state index contributed by atoms with van der Waals surface area (Å²) in [5.41, 5.74) is 1.84. The number of anilines is 1. The number of benzene rings is 1. The van der Waals surface area contributed by atoms with E-state index in [0.29, 0.717) is 12.8 Å². The van der Waals surface area contributed by atoms with Crippen LogP contribution in [0.2, 0.25) is 0 Å². The molecule has 1 atom stereocenters. The van der Waals surface area contributed by atoms with Gasteiger partial charge in [0, 0.05) is 18.7 Å². The van der Waals surface area contributed by atoms with Crippen molar-refractivity contribution in [2.75, 3.05) is 36.9 Å². The van der Waals surface area contributed by atoms with Crippen LogP contribution in [0, 0.1) is 5.92 Å². The Hall–Kier alpha value is -1.44. The van der Waals surface area contributed by atoms with E-state index in [1.165, 1.54) is 0 Å². The first-order valence-electron chi connectivity index (χ1n) is 9.01. The second-order valence-electron chi connectivity index (χ2n) is 6.79. The maximum absolute atomic E-state index is 12.2. The van der Waals surface area contributed by atoms with Gasteiger partial charge in [-0.2, -0.15) is 8.42 Å². The predicted octanol–water partition coefficient (Wildman–Crippen LogP) is 1.70. The van der Waals surface area contributed by atoms with E-state index < -0.39 is 10.1 Å². The topological polar surface area (TPSA) is 75.7 Å². The van der Waals surface area contributed by atoms with Crippen molar-refractivity contribution >= 4 is 21.7 Å². The summed E-state index contributed by atoms with van der Waals surface area (Å²) in [4.78, 5) is 14.0. The summed E-state index contributed by atoms with van der Waals surface area (Å²) in [6.45, 7) is 2.45. The highest BCUT2D eigenvalue weighted by molar-refractivity contribution is 7.86. The Morgan fingerprint density at radius 1 is 1.24 bits per heavy atom. The highest BCUT2D eigenvalue weighted by atomic mass is 32.2. The third-order valence-corrected chi connectivity index (χ3v) is 6.25. The number of para-hydroxylation sites is 1. The molecule has 2 saturated heterocycles. The summed E-state index contributed by atoms with van der Waals surface area (Å²) in [7, 11) is -3.50. The predicted molar refractivity (Wildman–Crippen MR) is 97.1 cm³/mol. The molecule has 0 bridgehead atoms. The first-order chi connectivity index (χ1) is 12.1. The van der Waals surface area contributed by atoms with Gasteiger partial charge in [-0.15, -0.1) is 0 Å². The van der Waals surface area contributed by atoms with Crippen molar-refractivity contribution in [2.24, 2.45) is 5.92 Å². The van der Waals surface area contributed by atoms with E-state index in [1.807, 2.05) is 29.2 Å². The van der Waals surface area contributed by atoms with E-state index in [0.717, 1.165) is 50.1 Å². The number of amides is 1. The van der Waals surface area contributed by atoms with Gasteiger partial charge in [0.1, 0.15) is 0 Å². The quantitative estimate of drug-likeness (QED) is 0.744. The van der Waals surface area contributed by atoms with Crippen molar-refractivity contribution in [3.63, 3.8) is 0 Å². The summed E-state index contributed by atoms with van der Waals surface area (Å²) in [6.07, 6.45) is 3.87. The Morgan fingerprint density at radius 3 is 2.84 bits per heavy atom. The fraction of sp³-hybridized carbons (Fsp3) is 0.611. The summed E-state index contributed by atoms with van der Waals surface area (Å²) in [6, 6.07) is 7.68. The number of carbonyl (C=O) groups is 1. The van der Waals surface area contributed by atoms with Crippen LogP contribution in [-0.2, 0) is 25.5 Å². The molecular weight excluding hydrogens is 340 g/mol. The van der Waals surface area contributed by atoms with Crippen molar-refractivity contribution in [3.8, 4) is 0 Å². The van der Waals surface area contributed by atoms with Crippen LogP contribution >= 0.6 is 0 Å². The molecule has 6 nitrogen and oxygen atoms in total. The maximum Gasteiger partial charge on any atom is 0.267 e. The normalized spacial score (nSPS) is 21.7. The highest BCUT2D eigenvalue weighted by Gasteiger charge is 2.24. The smallest absolute Gasteiger partial charge is 0.267 e. The van der Waals surface area contributed by atoms with Crippen LogP contribution in [-0.4, -0.2) is 46.3 Å². The van der Waals surface area contributed by atoms with Gasteiger partial charge in [-0.25, -0.2) is 0 Å². The zero-order valence-electron chi connectivity index (χ0n) is 14.4. The number of carbonyl (C=O) groups excluding carboxylic acids is 1. The Morgan fingerprint density at radius 2 is 2.08 bits per heavy atom. The van der Waals surface area contributed by atoms with E-state index in [4.69, 9.17) is 4.18 Å². The molecule has 1 amide bonds. The number of hydrogen-bond donors (Lipinski definition) is 1. The molecule has 1 aromatic carbocycles. The van der Waals surface area contributed by atoms with Crippen LogP contribution in [0.25, 0.3) is 0 Å². The molecule has 1 unspecified atom stereocenters. The lowest BCUT2D eigenvalue weighted by Gasteiger charge is -2.28. The molecule has 0 saturated carbocycles. The highest BCUT2D eigenvalue weighted by Crippen LogP contribution is 2.25. The van der Waals surface area contributed by atoms with Gasteiger partial charge in [0.05, 0.1) is 12.4 Å². The molecule has 0 aliphatic carbocycles. The Balaban J connectivity index is 1.58. The summed E-state index contributed by atoms with van der Waals surface area (Å²) >= 11 is 0. The van der Waals surface area contributed by atoms with Gasteiger partial charge in [-0.1, -0.05) is 18.2 Å². The minimum atomic E-state index is -3.50. The average molecular weight is 366 g/mol. The fourth-order valence-electron chi connectivity index (χ4n) is 3.52. The molecule has 1 aromatic rings. The van der Waals surface area contributed by atoms with Crippen LogP contribution in [0.5, 0.6) is 0 Å². The van der Waals surface area contributed by atoms with Gasteiger partial charge in [0.25, 0.3) is 10.1 Å². The standard InChI is InChI=1S/C18H26N2O4S/c21-18-7-3-4-11-20(18)17-6-2-1-5-16(17)9-12-24-25(22,23)14-15-8-10-19-13-15/h1-2,5-6,15,19H,3-4,7-14H2. The van der Waals surface area contributed by atoms with Crippen molar-refractivity contribution in [1.82, 2.24) is 5.32 Å². The molecule has 25 heavy (non-hydrogen) atoms. The lowest BCUT2D eigenvalue weighted by Crippen LogP contribution is -2.35. The molecule has 2 fully saturated rings. The number of nitrogens with one attached hydrogen (secondary N) is 1. The first-order valence-corrected chi connectivity index (χ1v) is 10.6. The average Bonchev–Trinajstić information content (AvgIpc) is 3.08. The summed E-state index contributed by atoms with van der Waals surface area (Å²) in [5, 5.41) is 3.17. The summed E-state index contributed by atoms with van der Waals surface area (Å²) < 4.78 is 29.4. The molecule has 2 aliphatic heterocycles. The van der Waals surface area contributed by atoms with Crippen LogP contribution in [0.4, 0.5) is 5.69 Å². The first kappa shape index (κ1) is 18.4. The molecule has 1 N–H and O–H groups in total. The maximum atomic E-state index is 12.2. The monoisotopic (exact) mass is 366 g/mol. The number of rotatable bonds is 7. The minimum absolute atomic E-state index is 0.0757. The van der Waals surface area contributed by atoms with Crippen molar-refractivity contribution < 1.29 is 17.4 Å². The molecule has 7 heteroatoms. The molecule has 0 spiro atoms. The molecule has 2 heterocycles. The van der Waals surface area contributed by atoms with Crippen LogP contribution in [0.1, 0.15) is 31.2 Å². The molecule has 2 aliphatic rings. The van der Waals surface area contributed by atoms with Gasteiger partial charge < -0.3 is 10.2 Å². The number of piperidine rings is 1. The molecule has 0 radical (unpaired) electrons. The van der Waals surface area contributed by atoms with Crippen molar-refractivity contribution in [3.05, 3.63) is 29.8 Å². The SMILES string of the molecule is O=C1CCCCN1c1ccccc1CCOS(=O)(=O)CC1CCNC1. The Labute approximate surface area is 149 Å². The number of hydrogen-bond acceptors (Lipinski definition) is 5. The van der Waals surface area contributed by atoms with Crippen molar-refractivity contribution in [2.45, 2.75) is 32.1 Å². The largest absolute Gasteiger partial charge is 0.316 e. The lowest BCUT2D eigenvalue weighted by molar-refractivity contribution is -0.119. The second kappa shape index (κ2) is 8.29. The lowest BCUT2D eigenvalue weighted by atomic mass is 10.0. The molecule has 138 valence electrons. The third-order valence-electron chi connectivity index (χ3n) is 4.84. The number of nitrogens with zero attached hydrogens (tertiary/aromatic N) is 1. The van der Waals surface area contributed by atoms with E-state index in [2.05, 4.69) is 5.32 Å². The fourth-order valence-corrected chi connectivity index (χ4v) is 4.81. The molecule has 3 rings (SSSR count). The van der Waals surface area contributed by atoms with E-state index in [1.54, 1.807) is 0 Å². The third kappa shape index (κ3) is 5.03. The summed E-state index contributed by atoms with van der Waals surface area (Å²) in [5.74, 6) is 0.357. The van der Waals surface area contributed by atoms with Crippen LogP contribution in [0.15, 0.2) is 24.3 Å². The molecular formula is C18H26N2O4S. The van der Waals surface area contributed by atoms with Crippen LogP contribution < -0.4 is 10.2 Å². The van der Waals surface area contributed by atoms with E-state index in [-0.39, 0.29) is 24.2 Å². The zero-order valence-corrected chi connectivity index (χ0v) is 15.3. The van der Waals surface area contributed by atoms with Gasteiger partial charge in [0.15, 0.2) is 0 Å². The second-order valence-corrected chi connectivity index (χ2v) is 8.47. The Bertz CT molecular complexity index is 699. The van der Waals surface area contributed by atoms with Gasteiger partial charge in [-0.05, 0) is 56.3 Å². The van der Waals surface area contributed by atoms with Gasteiger partial charge in [0.2, 0.25) is 5.91 Å². The van der Waals surface area contributed by atoms with Gasteiger partial charge in [-0.3, -0.25) is 8.98 Å². The van der Waals surface area contributed by atoms with Crippen molar-refractivity contribution in [1.29, 1.82) is 0 Å². The zero-order chi connectivity index (χ0) is 17.7. The van der Waals surface area contributed by atoms with Gasteiger partial charge >= 0.3 is 0 Å². The van der Waals surface area contributed by atoms with E-state index >= 15 is 0 Å². The van der Waals surface area contributed by atoms with E-state index in [9.17, 15) is 13.2 Å². The molecule has 0 aromatic heterocycles.